The summed E-state index contributed by atoms with van der Waals surface area (Å²) in [6, 6.07) is 14.5. The third-order valence-corrected chi connectivity index (χ3v) is 6.81. The third kappa shape index (κ3) is 3.57. The SMILES string of the molecule is Cc1ccc(S(=O)(=O)n2c(C=NC(C)(C)C)c(I)c3ccccc32)cc1. The van der Waals surface area contributed by atoms with Crippen molar-refractivity contribution in [3.05, 3.63) is 63.4 Å². The van der Waals surface area contributed by atoms with E-state index in [9.17, 15) is 8.42 Å². The molecule has 0 unspecified atom stereocenters. The van der Waals surface area contributed by atoms with E-state index >= 15 is 0 Å². The number of aryl methyl sites for hydroxylation is 1. The van der Waals surface area contributed by atoms with Crippen LogP contribution in [0.3, 0.4) is 0 Å². The smallest absolute Gasteiger partial charge is 0.268 e. The Kier molecular flexibility index (Phi) is 5.00. The lowest BCUT2D eigenvalue weighted by Gasteiger charge is -2.13. The zero-order valence-electron chi connectivity index (χ0n) is 15.2. The van der Waals surface area contributed by atoms with Crippen LogP contribution in [0.1, 0.15) is 32.0 Å². The van der Waals surface area contributed by atoms with Crippen LogP contribution in [0.2, 0.25) is 0 Å². The summed E-state index contributed by atoms with van der Waals surface area (Å²) in [5, 5.41) is 0.902. The van der Waals surface area contributed by atoms with Gasteiger partial charge in [0.05, 0.1) is 21.6 Å². The molecule has 3 aromatic rings. The summed E-state index contributed by atoms with van der Waals surface area (Å²) in [7, 11) is -3.74. The maximum atomic E-state index is 13.4. The van der Waals surface area contributed by atoms with E-state index in [4.69, 9.17) is 0 Å². The van der Waals surface area contributed by atoms with Crippen LogP contribution in [0.4, 0.5) is 0 Å². The molecule has 1 aromatic heterocycles. The maximum Gasteiger partial charge on any atom is 0.268 e. The highest BCUT2D eigenvalue weighted by Gasteiger charge is 2.25. The molecule has 0 aliphatic carbocycles. The number of para-hydroxylation sites is 1. The average molecular weight is 480 g/mol. The molecule has 0 amide bonds. The Hall–Kier alpha value is -1.67. The van der Waals surface area contributed by atoms with Crippen LogP contribution in [-0.2, 0) is 10.0 Å². The quantitative estimate of drug-likeness (QED) is 0.391. The van der Waals surface area contributed by atoms with Gasteiger partial charge < -0.3 is 0 Å². The highest BCUT2D eigenvalue weighted by atomic mass is 127. The van der Waals surface area contributed by atoms with Crippen molar-refractivity contribution in [2.24, 2.45) is 4.99 Å². The van der Waals surface area contributed by atoms with E-state index in [1.54, 1.807) is 18.3 Å². The van der Waals surface area contributed by atoms with E-state index in [-0.39, 0.29) is 10.4 Å². The third-order valence-electron chi connectivity index (χ3n) is 3.94. The Bertz CT molecular complexity index is 1090. The van der Waals surface area contributed by atoms with Crippen molar-refractivity contribution < 1.29 is 8.42 Å². The minimum atomic E-state index is -3.74. The van der Waals surface area contributed by atoms with Crippen molar-refractivity contribution in [2.75, 3.05) is 0 Å². The van der Waals surface area contributed by atoms with Gasteiger partial charge in [0.2, 0.25) is 0 Å². The van der Waals surface area contributed by atoms with Crippen LogP contribution in [0.25, 0.3) is 10.9 Å². The van der Waals surface area contributed by atoms with Crippen molar-refractivity contribution in [1.29, 1.82) is 0 Å². The predicted molar refractivity (Wildman–Crippen MR) is 116 cm³/mol. The lowest BCUT2D eigenvalue weighted by molar-refractivity contribution is 0.583. The molecule has 2 aromatic carbocycles. The van der Waals surface area contributed by atoms with Crippen LogP contribution in [-0.4, -0.2) is 24.1 Å². The van der Waals surface area contributed by atoms with Gasteiger partial charge in [0.1, 0.15) is 0 Å². The summed E-state index contributed by atoms with van der Waals surface area (Å²) in [5.41, 5.74) is 1.97. The fraction of sp³-hybridized carbons (Fsp3) is 0.250. The normalized spacial score (nSPS) is 13.0. The van der Waals surface area contributed by atoms with Gasteiger partial charge in [-0.3, -0.25) is 4.99 Å². The Balaban J connectivity index is 2.34. The van der Waals surface area contributed by atoms with E-state index < -0.39 is 10.0 Å². The maximum absolute atomic E-state index is 13.4. The molecule has 0 spiro atoms. The number of hydrogen-bond acceptors (Lipinski definition) is 3. The zero-order valence-corrected chi connectivity index (χ0v) is 18.2. The van der Waals surface area contributed by atoms with Gasteiger partial charge in [0.15, 0.2) is 0 Å². The van der Waals surface area contributed by atoms with Crippen molar-refractivity contribution >= 4 is 49.7 Å². The van der Waals surface area contributed by atoms with Crippen LogP contribution >= 0.6 is 22.6 Å². The molecule has 0 atom stereocenters. The van der Waals surface area contributed by atoms with Gasteiger partial charge >= 0.3 is 0 Å². The van der Waals surface area contributed by atoms with E-state index in [1.807, 2.05) is 64.1 Å². The number of halogens is 1. The molecule has 0 aliphatic rings. The summed E-state index contributed by atoms with van der Waals surface area (Å²) in [5.74, 6) is 0. The van der Waals surface area contributed by atoms with Gasteiger partial charge in [-0.2, -0.15) is 0 Å². The monoisotopic (exact) mass is 480 g/mol. The molecule has 0 saturated carbocycles. The molecule has 0 bridgehead atoms. The molecule has 4 nitrogen and oxygen atoms in total. The summed E-state index contributed by atoms with van der Waals surface area (Å²) >= 11 is 2.20. The number of benzene rings is 2. The summed E-state index contributed by atoms with van der Waals surface area (Å²) < 4.78 is 29.1. The van der Waals surface area contributed by atoms with Gasteiger partial charge in [0, 0.05) is 15.2 Å². The first-order valence-corrected chi connectivity index (χ1v) is 10.8. The first kappa shape index (κ1) is 19.1. The van der Waals surface area contributed by atoms with Gasteiger partial charge in [-0.25, -0.2) is 12.4 Å². The Morgan fingerprint density at radius 1 is 1.04 bits per heavy atom. The number of rotatable bonds is 3. The second kappa shape index (κ2) is 6.81. The van der Waals surface area contributed by atoms with Crippen LogP contribution in [0, 0.1) is 10.5 Å². The van der Waals surface area contributed by atoms with Crippen molar-refractivity contribution in [3.63, 3.8) is 0 Å². The van der Waals surface area contributed by atoms with E-state index in [0.717, 1.165) is 14.5 Å². The highest BCUT2D eigenvalue weighted by molar-refractivity contribution is 14.1. The fourth-order valence-electron chi connectivity index (χ4n) is 2.63. The Morgan fingerprint density at radius 2 is 1.65 bits per heavy atom. The van der Waals surface area contributed by atoms with Gasteiger partial charge in [-0.1, -0.05) is 35.9 Å². The number of aromatic nitrogens is 1. The molecule has 3 rings (SSSR count). The number of hydrogen-bond donors (Lipinski definition) is 0. The average Bonchev–Trinajstić information content (AvgIpc) is 2.86. The number of fused-ring (bicyclic) bond motifs is 1. The largest absolute Gasteiger partial charge is 0.285 e. The number of aliphatic imine (C=N–C) groups is 1. The molecule has 0 fully saturated rings. The van der Waals surface area contributed by atoms with Crippen molar-refractivity contribution in [3.8, 4) is 0 Å². The summed E-state index contributed by atoms with van der Waals surface area (Å²) in [6.45, 7) is 7.89. The minimum absolute atomic E-state index is 0.269. The van der Waals surface area contributed by atoms with Gasteiger partial charge in [0.25, 0.3) is 10.0 Å². The topological polar surface area (TPSA) is 51.4 Å². The fourth-order valence-corrected chi connectivity index (χ4v) is 5.14. The Labute approximate surface area is 168 Å². The van der Waals surface area contributed by atoms with E-state index in [0.29, 0.717) is 11.2 Å². The zero-order chi connectivity index (χ0) is 19.1. The van der Waals surface area contributed by atoms with Crippen LogP contribution < -0.4 is 0 Å². The molecular formula is C20H21IN2O2S. The molecule has 1 heterocycles. The molecule has 136 valence electrons. The predicted octanol–water partition coefficient (Wildman–Crippen LogP) is 5.01. The van der Waals surface area contributed by atoms with E-state index in [2.05, 4.69) is 27.6 Å². The molecule has 6 heteroatoms. The molecular weight excluding hydrogens is 459 g/mol. The summed E-state index contributed by atoms with van der Waals surface area (Å²) in [6.07, 6.45) is 1.67. The Morgan fingerprint density at radius 3 is 2.27 bits per heavy atom. The molecule has 0 aliphatic heterocycles. The molecule has 0 radical (unpaired) electrons. The van der Waals surface area contributed by atoms with Gasteiger partial charge in [-0.15, -0.1) is 0 Å². The molecule has 26 heavy (non-hydrogen) atoms. The van der Waals surface area contributed by atoms with Crippen molar-refractivity contribution in [1.82, 2.24) is 3.97 Å². The summed E-state index contributed by atoms with van der Waals surface area (Å²) in [4.78, 5) is 4.82. The van der Waals surface area contributed by atoms with Crippen LogP contribution in [0.5, 0.6) is 0 Å². The standard InChI is InChI=1S/C20H21IN2O2S/c1-14-9-11-15(12-10-14)26(24,25)23-17-8-6-5-7-16(17)19(21)18(23)13-22-20(2,3)4/h5-13H,1-4H3. The second-order valence-corrected chi connectivity index (χ2v) is 10.1. The molecule has 0 N–H and O–H groups in total. The number of nitrogens with zero attached hydrogens (tertiary/aromatic N) is 2. The lowest BCUT2D eigenvalue weighted by Crippen LogP contribution is -2.17. The lowest BCUT2D eigenvalue weighted by atomic mass is 10.1. The van der Waals surface area contributed by atoms with Crippen LogP contribution in [0.15, 0.2) is 58.4 Å². The van der Waals surface area contributed by atoms with Crippen molar-refractivity contribution in [2.45, 2.75) is 38.1 Å². The molecule has 0 saturated heterocycles. The minimum Gasteiger partial charge on any atom is -0.285 e. The first-order valence-electron chi connectivity index (χ1n) is 8.28. The first-order chi connectivity index (χ1) is 12.1. The highest BCUT2D eigenvalue weighted by Crippen LogP contribution is 2.31. The van der Waals surface area contributed by atoms with E-state index in [1.165, 1.54) is 3.97 Å². The second-order valence-electron chi connectivity index (χ2n) is 7.23. The van der Waals surface area contributed by atoms with Gasteiger partial charge in [-0.05, 0) is 68.5 Å².